The van der Waals surface area contributed by atoms with Gasteiger partial charge in [-0.15, -0.1) is 0 Å². The van der Waals surface area contributed by atoms with Gasteiger partial charge in [0.2, 0.25) is 5.96 Å². The zero-order chi connectivity index (χ0) is 29.7. The number of hydrogen-bond acceptors (Lipinski definition) is 8. The number of carbonyl (C=O) groups excluding carboxylic acids is 3. The number of benzene rings is 1. The summed E-state index contributed by atoms with van der Waals surface area (Å²) >= 11 is 0. The van der Waals surface area contributed by atoms with E-state index in [9.17, 15) is 32.7 Å². The molecule has 2 aliphatic rings. The van der Waals surface area contributed by atoms with Crippen molar-refractivity contribution in [3.05, 3.63) is 29.3 Å². The number of alkyl halides is 3. The van der Waals surface area contributed by atoms with E-state index >= 15 is 0 Å². The number of aliphatic imine (C=N–C) groups is 1. The maximum Gasteiger partial charge on any atom is 0.471 e. The molecule has 2 aliphatic heterocycles. The minimum absolute atomic E-state index is 0.113. The van der Waals surface area contributed by atoms with Crippen molar-refractivity contribution in [1.29, 1.82) is 0 Å². The summed E-state index contributed by atoms with van der Waals surface area (Å²) in [6.07, 6.45) is -6.28. The summed E-state index contributed by atoms with van der Waals surface area (Å²) in [5.41, 5.74) is 0.848. The molecule has 0 radical (unpaired) electrons. The number of fused-ring (bicyclic) bond motifs is 1. The van der Waals surface area contributed by atoms with Gasteiger partial charge in [-0.3, -0.25) is 10.1 Å². The van der Waals surface area contributed by atoms with Crippen molar-refractivity contribution in [2.24, 2.45) is 4.99 Å². The zero-order valence-corrected chi connectivity index (χ0v) is 22.9. The lowest BCUT2D eigenvalue weighted by Crippen LogP contribution is -2.48. The Morgan fingerprint density at radius 1 is 1.10 bits per heavy atom. The van der Waals surface area contributed by atoms with Crippen LogP contribution in [0.5, 0.6) is 5.75 Å². The standard InChI is InChI=1S/C26H35F3N4O7/c1-5-38-21(35)20(34)15-39-19-7-6-16-13-33(14-17(16)12-19)23(31-22(36)26(27,28)29)30-18-8-10-32(11-9-18)24(37)40-25(2,3)4/h6-7,12,18,20,34H,5,8-11,13-15H2,1-4H3,(H,30,31,36)/t20-/m1/s1. The lowest BCUT2D eigenvalue weighted by molar-refractivity contribution is -0.172. The Hall–Kier alpha value is -3.55. The second kappa shape index (κ2) is 12.7. The van der Waals surface area contributed by atoms with Gasteiger partial charge < -0.3 is 29.1 Å². The van der Waals surface area contributed by atoms with Crippen LogP contribution in [0.25, 0.3) is 0 Å². The number of aliphatic hydroxyl groups excluding tert-OH is 1. The highest BCUT2D eigenvalue weighted by Gasteiger charge is 2.40. The summed E-state index contributed by atoms with van der Waals surface area (Å²) in [6, 6.07) is 4.55. The molecule has 1 aromatic rings. The van der Waals surface area contributed by atoms with Gasteiger partial charge >= 0.3 is 24.1 Å². The zero-order valence-electron chi connectivity index (χ0n) is 22.9. The number of esters is 1. The molecule has 3 rings (SSSR count). The van der Waals surface area contributed by atoms with Gasteiger partial charge in [-0.2, -0.15) is 13.2 Å². The van der Waals surface area contributed by atoms with Crippen LogP contribution in [0.1, 0.15) is 51.7 Å². The lowest BCUT2D eigenvalue weighted by Gasteiger charge is -2.33. The van der Waals surface area contributed by atoms with E-state index in [1.54, 1.807) is 45.9 Å². The van der Waals surface area contributed by atoms with Crippen molar-refractivity contribution in [3.63, 3.8) is 0 Å². The van der Waals surface area contributed by atoms with Crippen LogP contribution in [0.15, 0.2) is 23.2 Å². The molecule has 1 fully saturated rings. The van der Waals surface area contributed by atoms with E-state index in [2.05, 4.69) is 4.99 Å². The van der Waals surface area contributed by atoms with Crippen molar-refractivity contribution in [2.75, 3.05) is 26.3 Å². The van der Waals surface area contributed by atoms with E-state index < -0.39 is 41.9 Å². The Kier molecular flexibility index (Phi) is 9.87. The number of ether oxygens (including phenoxy) is 3. The highest BCUT2D eigenvalue weighted by Crippen LogP contribution is 2.28. The van der Waals surface area contributed by atoms with E-state index in [0.29, 0.717) is 31.7 Å². The number of hydrogen-bond donors (Lipinski definition) is 2. The average molecular weight is 573 g/mol. The van der Waals surface area contributed by atoms with Gasteiger partial charge in [0.15, 0.2) is 6.10 Å². The Morgan fingerprint density at radius 2 is 1.75 bits per heavy atom. The van der Waals surface area contributed by atoms with Crippen LogP contribution in [-0.2, 0) is 32.2 Å². The van der Waals surface area contributed by atoms with E-state index in [-0.39, 0.29) is 32.3 Å². The van der Waals surface area contributed by atoms with Crippen molar-refractivity contribution in [3.8, 4) is 5.75 Å². The van der Waals surface area contributed by atoms with E-state index in [0.717, 1.165) is 11.1 Å². The van der Waals surface area contributed by atoms with Crippen molar-refractivity contribution in [1.82, 2.24) is 15.1 Å². The highest BCUT2D eigenvalue weighted by molar-refractivity contribution is 5.99. The topological polar surface area (TPSA) is 130 Å². The largest absolute Gasteiger partial charge is 0.490 e. The first-order valence-electron chi connectivity index (χ1n) is 12.9. The SMILES string of the molecule is CCOC(=O)[C@H](O)COc1ccc2c(c1)CN(C(=NC1CCN(C(=O)OC(C)(C)C)CC1)NC(=O)C(F)(F)F)C2. The molecular weight excluding hydrogens is 537 g/mol. The van der Waals surface area contributed by atoms with E-state index in [1.807, 2.05) is 5.32 Å². The smallest absolute Gasteiger partial charge is 0.471 e. The minimum atomic E-state index is -5.10. The normalized spacial score (nSPS) is 17.2. The first-order valence-corrected chi connectivity index (χ1v) is 12.9. The van der Waals surface area contributed by atoms with Crippen LogP contribution < -0.4 is 10.1 Å². The molecule has 0 aliphatic carbocycles. The Bertz CT molecular complexity index is 1110. The number of amides is 2. The number of piperidine rings is 1. The van der Waals surface area contributed by atoms with E-state index in [4.69, 9.17) is 14.2 Å². The fourth-order valence-corrected chi connectivity index (χ4v) is 4.13. The highest BCUT2D eigenvalue weighted by atomic mass is 19.4. The average Bonchev–Trinajstić information content (AvgIpc) is 3.29. The van der Waals surface area contributed by atoms with Crippen LogP contribution in [0.2, 0.25) is 0 Å². The third kappa shape index (κ3) is 8.73. The van der Waals surface area contributed by atoms with Gasteiger partial charge in [0.25, 0.3) is 0 Å². The lowest BCUT2D eigenvalue weighted by atomic mass is 10.1. The van der Waals surface area contributed by atoms with Gasteiger partial charge in [0.05, 0.1) is 12.6 Å². The second-order valence-corrected chi connectivity index (χ2v) is 10.5. The number of nitrogens with zero attached hydrogens (tertiary/aromatic N) is 3. The summed E-state index contributed by atoms with van der Waals surface area (Å²) in [5.74, 6) is -2.82. The molecule has 0 spiro atoms. The summed E-state index contributed by atoms with van der Waals surface area (Å²) in [6.45, 7) is 7.60. The van der Waals surface area contributed by atoms with Crippen LogP contribution in [0, 0.1) is 0 Å². The maximum absolute atomic E-state index is 13.1. The molecule has 1 atom stereocenters. The van der Waals surface area contributed by atoms with Crippen molar-refractivity contribution < 1.29 is 46.9 Å². The van der Waals surface area contributed by atoms with Crippen LogP contribution in [0.4, 0.5) is 18.0 Å². The van der Waals surface area contributed by atoms with Gasteiger partial charge in [0, 0.05) is 26.2 Å². The predicted octanol–water partition coefficient (Wildman–Crippen LogP) is 2.74. The molecule has 0 bridgehead atoms. The third-order valence-corrected chi connectivity index (χ3v) is 6.07. The Balaban J connectivity index is 1.69. The fourth-order valence-electron chi connectivity index (χ4n) is 4.13. The monoisotopic (exact) mass is 572 g/mol. The van der Waals surface area contributed by atoms with E-state index in [1.165, 1.54) is 9.80 Å². The van der Waals surface area contributed by atoms with Crippen LogP contribution >= 0.6 is 0 Å². The summed E-state index contributed by atoms with van der Waals surface area (Å²) in [4.78, 5) is 43.3. The Labute approximate surface area is 230 Å². The number of carbonyl (C=O) groups is 3. The Morgan fingerprint density at radius 3 is 2.35 bits per heavy atom. The molecule has 2 heterocycles. The summed E-state index contributed by atoms with van der Waals surface area (Å²) in [5, 5.41) is 11.8. The minimum Gasteiger partial charge on any atom is -0.490 e. The molecule has 0 aromatic heterocycles. The molecule has 2 N–H and O–H groups in total. The molecule has 0 saturated carbocycles. The van der Waals surface area contributed by atoms with Gasteiger partial charge in [0.1, 0.15) is 18.0 Å². The molecule has 222 valence electrons. The van der Waals surface area contributed by atoms with Gasteiger partial charge in [-0.1, -0.05) is 6.07 Å². The number of nitrogens with one attached hydrogen (secondary N) is 1. The molecule has 1 saturated heterocycles. The van der Waals surface area contributed by atoms with Gasteiger partial charge in [-0.05, 0) is 63.8 Å². The fraction of sp³-hybridized carbons (Fsp3) is 0.615. The third-order valence-electron chi connectivity index (χ3n) is 6.07. The summed E-state index contributed by atoms with van der Waals surface area (Å²) < 4.78 is 54.9. The molecule has 1 aromatic carbocycles. The first-order chi connectivity index (χ1) is 18.7. The van der Waals surface area contributed by atoms with Crippen molar-refractivity contribution in [2.45, 2.75) is 77.5 Å². The molecule has 0 unspecified atom stereocenters. The molecule has 2 amide bonds. The number of rotatable bonds is 6. The quantitative estimate of drug-likeness (QED) is 0.303. The number of guanidine groups is 1. The van der Waals surface area contributed by atoms with Crippen molar-refractivity contribution >= 4 is 23.9 Å². The molecule has 40 heavy (non-hydrogen) atoms. The number of aliphatic hydroxyl groups is 1. The van der Waals surface area contributed by atoms with Gasteiger partial charge in [-0.25, -0.2) is 14.6 Å². The molecule has 14 heteroatoms. The first kappa shape index (κ1) is 31.0. The van der Waals surface area contributed by atoms with Crippen LogP contribution in [-0.4, -0.2) is 89.1 Å². The second-order valence-electron chi connectivity index (χ2n) is 10.5. The molecule has 11 nitrogen and oxygen atoms in total. The summed E-state index contributed by atoms with van der Waals surface area (Å²) in [7, 11) is 0. The van der Waals surface area contributed by atoms with Crippen LogP contribution in [0.3, 0.4) is 0 Å². The molecular formula is C26H35F3N4O7. The predicted molar refractivity (Wildman–Crippen MR) is 136 cm³/mol. The number of likely N-dealkylation sites (tertiary alicyclic amines) is 1. The maximum atomic E-state index is 13.1. The number of halogens is 3.